The number of carbonyl (C=O) groups excluding carboxylic acids is 1. The van der Waals surface area contributed by atoms with Crippen molar-refractivity contribution in [2.75, 3.05) is 18.8 Å². The first kappa shape index (κ1) is 16.0. The summed E-state index contributed by atoms with van der Waals surface area (Å²) in [6.07, 6.45) is 3.36. The van der Waals surface area contributed by atoms with E-state index in [2.05, 4.69) is 12.2 Å². The first-order valence-corrected chi connectivity index (χ1v) is 9.09. The molecule has 2 rings (SSSR count). The number of nitrogens with zero attached hydrogens (tertiary/aromatic N) is 1. The van der Waals surface area contributed by atoms with Gasteiger partial charge >= 0.3 is 6.03 Å². The number of hydrogen-bond acceptors (Lipinski definition) is 2. The van der Waals surface area contributed by atoms with Crippen LogP contribution in [0.15, 0.2) is 30.3 Å². The third kappa shape index (κ3) is 5.16. The summed E-state index contributed by atoms with van der Waals surface area (Å²) in [7, 11) is -0.934. The third-order valence-corrected chi connectivity index (χ3v) is 5.16. The molecule has 1 fully saturated rings. The van der Waals surface area contributed by atoms with Crippen LogP contribution in [0.25, 0.3) is 0 Å². The highest BCUT2D eigenvalue weighted by atomic mass is 32.2. The Bertz CT molecular complexity index is 478. The van der Waals surface area contributed by atoms with Crippen LogP contribution in [0.1, 0.15) is 31.7 Å². The van der Waals surface area contributed by atoms with Crippen LogP contribution in [0.5, 0.6) is 0 Å². The Morgan fingerprint density at radius 3 is 2.81 bits per heavy atom. The van der Waals surface area contributed by atoms with Crippen molar-refractivity contribution in [2.24, 2.45) is 0 Å². The Labute approximate surface area is 129 Å². The van der Waals surface area contributed by atoms with E-state index >= 15 is 0 Å². The lowest BCUT2D eigenvalue weighted by Crippen LogP contribution is -2.48. The van der Waals surface area contributed by atoms with Crippen LogP contribution in [0.3, 0.4) is 0 Å². The van der Waals surface area contributed by atoms with E-state index in [1.165, 1.54) is 6.42 Å². The smallest absolute Gasteiger partial charge is 0.317 e. The summed E-state index contributed by atoms with van der Waals surface area (Å²) in [6.45, 7) is 3.40. The largest absolute Gasteiger partial charge is 0.337 e. The molecule has 0 aromatic heterocycles. The summed E-state index contributed by atoms with van der Waals surface area (Å²) >= 11 is 0. The van der Waals surface area contributed by atoms with E-state index in [0.29, 0.717) is 24.1 Å². The highest BCUT2D eigenvalue weighted by Crippen LogP contribution is 2.15. The Hall–Kier alpha value is -1.36. The Morgan fingerprint density at radius 2 is 2.10 bits per heavy atom. The highest BCUT2D eigenvalue weighted by molar-refractivity contribution is 7.84. The molecule has 1 heterocycles. The second-order valence-electron chi connectivity index (χ2n) is 5.54. The Kier molecular flexibility index (Phi) is 6.23. The van der Waals surface area contributed by atoms with Crippen molar-refractivity contribution in [1.82, 2.24) is 10.2 Å². The van der Waals surface area contributed by atoms with Gasteiger partial charge in [-0.2, -0.15) is 0 Å². The number of urea groups is 1. The molecule has 1 N–H and O–H groups in total. The molecule has 1 aromatic carbocycles. The van der Waals surface area contributed by atoms with Crippen LogP contribution >= 0.6 is 0 Å². The maximum Gasteiger partial charge on any atom is 0.317 e. The van der Waals surface area contributed by atoms with Crippen LogP contribution in [0.2, 0.25) is 0 Å². The molecule has 1 aromatic rings. The molecule has 2 amide bonds. The summed E-state index contributed by atoms with van der Waals surface area (Å²) in [6, 6.07) is 10.1. The molecule has 2 atom stereocenters. The molecule has 0 bridgehead atoms. The number of carbonyl (C=O) groups is 1. The first-order valence-electron chi connectivity index (χ1n) is 7.60. The van der Waals surface area contributed by atoms with Gasteiger partial charge in [0, 0.05) is 41.4 Å². The third-order valence-electron chi connectivity index (χ3n) is 3.84. The number of benzene rings is 1. The van der Waals surface area contributed by atoms with Gasteiger partial charge in [-0.25, -0.2) is 4.79 Å². The van der Waals surface area contributed by atoms with Crippen molar-refractivity contribution in [1.29, 1.82) is 0 Å². The molecule has 0 radical (unpaired) electrons. The summed E-state index contributed by atoms with van der Waals surface area (Å²) in [5.41, 5.74) is 1.08. The minimum atomic E-state index is -0.934. The topological polar surface area (TPSA) is 49.4 Å². The van der Waals surface area contributed by atoms with E-state index < -0.39 is 10.8 Å². The number of piperidine rings is 1. The lowest BCUT2D eigenvalue weighted by atomic mass is 10.0. The normalized spacial score (nSPS) is 20.0. The van der Waals surface area contributed by atoms with Gasteiger partial charge in [-0.05, 0) is 31.7 Å². The maximum atomic E-state index is 12.1. The Balaban J connectivity index is 1.69. The molecule has 1 aliphatic heterocycles. The zero-order valence-electron chi connectivity index (χ0n) is 12.6. The van der Waals surface area contributed by atoms with E-state index in [0.717, 1.165) is 24.9 Å². The molecule has 2 unspecified atom stereocenters. The fourth-order valence-corrected chi connectivity index (χ4v) is 3.64. The van der Waals surface area contributed by atoms with Crippen molar-refractivity contribution in [2.45, 2.75) is 38.0 Å². The van der Waals surface area contributed by atoms with Crippen LogP contribution in [-0.2, 0) is 16.6 Å². The zero-order valence-corrected chi connectivity index (χ0v) is 13.4. The van der Waals surface area contributed by atoms with E-state index in [1.54, 1.807) is 0 Å². The second kappa shape index (κ2) is 8.17. The van der Waals surface area contributed by atoms with Crippen LogP contribution in [0, 0.1) is 0 Å². The average molecular weight is 308 g/mol. The summed E-state index contributed by atoms with van der Waals surface area (Å²) in [5, 5.41) is 2.89. The molecule has 0 aliphatic carbocycles. The molecular formula is C16H24N2O2S. The number of rotatable bonds is 5. The van der Waals surface area contributed by atoms with Crippen molar-refractivity contribution in [3.63, 3.8) is 0 Å². The quantitative estimate of drug-likeness (QED) is 0.908. The summed E-state index contributed by atoms with van der Waals surface area (Å²) < 4.78 is 12.0. The van der Waals surface area contributed by atoms with Gasteiger partial charge in [0.05, 0.1) is 0 Å². The maximum absolute atomic E-state index is 12.1. The first-order chi connectivity index (χ1) is 10.2. The van der Waals surface area contributed by atoms with Gasteiger partial charge in [0.1, 0.15) is 0 Å². The lowest BCUT2D eigenvalue weighted by Gasteiger charge is -2.33. The van der Waals surface area contributed by atoms with Crippen molar-refractivity contribution >= 4 is 16.8 Å². The van der Waals surface area contributed by atoms with Gasteiger partial charge in [0.15, 0.2) is 0 Å². The van der Waals surface area contributed by atoms with E-state index in [1.807, 2.05) is 35.2 Å². The van der Waals surface area contributed by atoms with Crippen molar-refractivity contribution in [3.8, 4) is 0 Å². The minimum absolute atomic E-state index is 0.0149. The number of likely N-dealkylation sites (tertiary alicyclic amines) is 1. The fraction of sp³-hybridized carbons (Fsp3) is 0.562. The van der Waals surface area contributed by atoms with Gasteiger partial charge in [0.2, 0.25) is 0 Å². The van der Waals surface area contributed by atoms with Gasteiger partial charge in [-0.3, -0.25) is 4.21 Å². The van der Waals surface area contributed by atoms with E-state index in [4.69, 9.17) is 0 Å². The molecule has 21 heavy (non-hydrogen) atoms. The number of hydrogen-bond donors (Lipinski definition) is 1. The zero-order chi connectivity index (χ0) is 15.1. The fourth-order valence-electron chi connectivity index (χ4n) is 2.61. The second-order valence-corrected chi connectivity index (χ2v) is 7.12. The summed E-state index contributed by atoms with van der Waals surface area (Å²) in [5.74, 6) is 1.06. The van der Waals surface area contributed by atoms with Crippen molar-refractivity contribution in [3.05, 3.63) is 35.9 Å². The predicted octanol–water partition coefficient (Wildman–Crippen LogP) is 2.52. The van der Waals surface area contributed by atoms with Gasteiger partial charge in [-0.1, -0.05) is 30.3 Å². The molecule has 0 saturated carbocycles. The molecule has 4 nitrogen and oxygen atoms in total. The molecule has 1 saturated heterocycles. The molecule has 116 valence electrons. The highest BCUT2D eigenvalue weighted by Gasteiger charge is 2.22. The molecule has 0 spiro atoms. The monoisotopic (exact) mass is 308 g/mol. The molecule has 5 heteroatoms. The van der Waals surface area contributed by atoms with E-state index in [-0.39, 0.29) is 6.03 Å². The number of nitrogens with one attached hydrogen (secondary N) is 1. The molecule has 1 aliphatic rings. The van der Waals surface area contributed by atoms with Crippen LogP contribution in [0.4, 0.5) is 4.79 Å². The van der Waals surface area contributed by atoms with Crippen molar-refractivity contribution < 1.29 is 9.00 Å². The van der Waals surface area contributed by atoms with Gasteiger partial charge < -0.3 is 10.2 Å². The van der Waals surface area contributed by atoms with Crippen LogP contribution < -0.4 is 5.32 Å². The lowest BCUT2D eigenvalue weighted by molar-refractivity contribution is 0.159. The van der Waals surface area contributed by atoms with Gasteiger partial charge in [0.25, 0.3) is 0 Å². The molecular weight excluding hydrogens is 284 g/mol. The SMILES string of the molecule is CC1CCCCN1C(=O)NCCS(=O)Cc1ccccc1. The van der Waals surface area contributed by atoms with E-state index in [9.17, 15) is 9.00 Å². The summed E-state index contributed by atoms with van der Waals surface area (Å²) in [4.78, 5) is 14.0. The van der Waals surface area contributed by atoms with Crippen LogP contribution in [-0.4, -0.2) is 40.0 Å². The number of amides is 2. The minimum Gasteiger partial charge on any atom is -0.337 e. The Morgan fingerprint density at radius 1 is 1.33 bits per heavy atom. The predicted molar refractivity (Wildman–Crippen MR) is 86.6 cm³/mol. The standard InChI is InChI=1S/C16H24N2O2S/c1-14-7-5-6-11-18(14)16(19)17-10-12-21(20)13-15-8-3-2-4-9-15/h2-4,8-9,14H,5-7,10-13H2,1H3,(H,17,19). The van der Waals surface area contributed by atoms with Gasteiger partial charge in [-0.15, -0.1) is 0 Å². The average Bonchev–Trinajstić information content (AvgIpc) is 2.48.